The number of esters is 1. The van der Waals surface area contributed by atoms with Gasteiger partial charge in [0.2, 0.25) is 0 Å². The molecule has 1 amide bonds. The van der Waals surface area contributed by atoms with Gasteiger partial charge in [0.15, 0.2) is 11.5 Å². The van der Waals surface area contributed by atoms with E-state index in [-0.39, 0.29) is 5.91 Å². The van der Waals surface area contributed by atoms with Crippen LogP contribution in [0.15, 0.2) is 72.8 Å². The smallest absolute Gasteiger partial charge is 0.337 e. The average molecular weight is 456 g/mol. The van der Waals surface area contributed by atoms with Crippen LogP contribution < -0.4 is 14.8 Å². The largest absolute Gasteiger partial charge is 0.493 e. The topological polar surface area (TPSA) is 73.9 Å². The summed E-state index contributed by atoms with van der Waals surface area (Å²) in [6, 6.07) is 22.2. The van der Waals surface area contributed by atoms with Crippen molar-refractivity contribution in [3.05, 3.63) is 89.5 Å². The third kappa shape index (κ3) is 4.57. The van der Waals surface area contributed by atoms with E-state index >= 15 is 0 Å². The number of fused-ring (bicyclic) bond motifs is 1. The lowest BCUT2D eigenvalue weighted by Gasteiger charge is -2.15. The summed E-state index contributed by atoms with van der Waals surface area (Å²) in [5, 5.41) is 4.69. The third-order valence-corrected chi connectivity index (χ3v) is 5.65. The van der Waals surface area contributed by atoms with Crippen LogP contribution in [0.4, 0.5) is 5.69 Å². The minimum atomic E-state index is -0.431. The van der Waals surface area contributed by atoms with Crippen LogP contribution in [-0.4, -0.2) is 33.2 Å². The van der Waals surface area contributed by atoms with Gasteiger partial charge in [-0.05, 0) is 77.4 Å². The Morgan fingerprint density at radius 3 is 2.00 bits per heavy atom. The number of aryl methyl sites for hydroxylation is 1. The lowest BCUT2D eigenvalue weighted by Crippen LogP contribution is -2.12. The molecule has 6 heteroatoms. The Morgan fingerprint density at radius 1 is 0.735 bits per heavy atom. The molecule has 0 heterocycles. The lowest BCUT2D eigenvalue weighted by molar-refractivity contribution is 0.0600. The monoisotopic (exact) mass is 455 g/mol. The molecule has 0 atom stereocenters. The van der Waals surface area contributed by atoms with Crippen LogP contribution in [-0.2, 0) is 4.74 Å². The van der Waals surface area contributed by atoms with E-state index in [4.69, 9.17) is 14.2 Å². The van der Waals surface area contributed by atoms with Gasteiger partial charge in [-0.25, -0.2) is 4.79 Å². The molecule has 0 aromatic heterocycles. The van der Waals surface area contributed by atoms with Crippen molar-refractivity contribution in [1.29, 1.82) is 0 Å². The number of hydrogen-bond donors (Lipinski definition) is 1. The van der Waals surface area contributed by atoms with Crippen molar-refractivity contribution < 1.29 is 23.8 Å². The van der Waals surface area contributed by atoms with Gasteiger partial charge < -0.3 is 19.5 Å². The van der Waals surface area contributed by atoms with Gasteiger partial charge in [0.05, 0.1) is 26.9 Å². The number of amides is 1. The number of ether oxygens (including phenoxy) is 3. The van der Waals surface area contributed by atoms with Crippen molar-refractivity contribution in [3.8, 4) is 22.6 Å². The van der Waals surface area contributed by atoms with E-state index in [1.807, 2.05) is 55.5 Å². The second kappa shape index (κ2) is 9.67. The van der Waals surface area contributed by atoms with Crippen molar-refractivity contribution in [2.75, 3.05) is 26.6 Å². The van der Waals surface area contributed by atoms with Crippen LogP contribution in [0.2, 0.25) is 0 Å². The van der Waals surface area contributed by atoms with Gasteiger partial charge in [-0.2, -0.15) is 0 Å². The second-order valence-electron chi connectivity index (χ2n) is 7.84. The van der Waals surface area contributed by atoms with E-state index in [0.29, 0.717) is 28.3 Å². The summed E-state index contributed by atoms with van der Waals surface area (Å²) >= 11 is 0. The summed E-state index contributed by atoms with van der Waals surface area (Å²) in [5.41, 5.74) is 4.52. The van der Waals surface area contributed by atoms with Gasteiger partial charge in [0, 0.05) is 11.3 Å². The van der Waals surface area contributed by atoms with Gasteiger partial charge in [-0.3, -0.25) is 4.79 Å². The summed E-state index contributed by atoms with van der Waals surface area (Å²) in [5.74, 6) is 0.502. The molecular weight excluding hydrogens is 430 g/mol. The predicted molar refractivity (Wildman–Crippen MR) is 133 cm³/mol. The molecule has 0 saturated heterocycles. The summed E-state index contributed by atoms with van der Waals surface area (Å²) in [6.45, 7) is 2.03. The highest BCUT2D eigenvalue weighted by molar-refractivity contribution is 6.10. The van der Waals surface area contributed by atoms with Crippen LogP contribution in [0.5, 0.6) is 11.5 Å². The molecule has 4 rings (SSSR count). The first kappa shape index (κ1) is 22.9. The minimum absolute atomic E-state index is 0.268. The fourth-order valence-electron chi connectivity index (χ4n) is 3.80. The van der Waals surface area contributed by atoms with E-state index < -0.39 is 5.97 Å². The minimum Gasteiger partial charge on any atom is -0.493 e. The molecule has 0 aliphatic rings. The number of methoxy groups -OCH3 is 3. The summed E-state index contributed by atoms with van der Waals surface area (Å²) in [4.78, 5) is 24.8. The molecular formula is C28H25NO5. The number of carbonyl (C=O) groups excluding carboxylic acids is 2. The summed E-state index contributed by atoms with van der Waals surface area (Å²) < 4.78 is 15.7. The zero-order valence-electron chi connectivity index (χ0n) is 19.5. The first-order valence-corrected chi connectivity index (χ1v) is 10.7. The number of anilines is 1. The van der Waals surface area contributed by atoms with Crippen LogP contribution in [0.1, 0.15) is 26.3 Å². The molecule has 172 valence electrons. The molecule has 1 N–H and O–H groups in total. The van der Waals surface area contributed by atoms with Gasteiger partial charge >= 0.3 is 5.97 Å². The van der Waals surface area contributed by atoms with Gasteiger partial charge in [-0.1, -0.05) is 29.8 Å². The molecule has 0 aliphatic heterocycles. The maximum atomic E-state index is 13.2. The normalized spacial score (nSPS) is 10.6. The van der Waals surface area contributed by atoms with E-state index in [9.17, 15) is 9.59 Å². The Labute approximate surface area is 198 Å². The average Bonchev–Trinajstić information content (AvgIpc) is 2.87. The maximum absolute atomic E-state index is 13.2. The number of carbonyl (C=O) groups is 2. The summed E-state index contributed by atoms with van der Waals surface area (Å²) in [7, 11) is 4.51. The zero-order valence-corrected chi connectivity index (χ0v) is 19.5. The van der Waals surface area contributed by atoms with Crippen LogP contribution >= 0.6 is 0 Å². The van der Waals surface area contributed by atoms with E-state index in [1.165, 1.54) is 7.11 Å². The molecule has 34 heavy (non-hydrogen) atoms. The Balaban J connectivity index is 1.78. The molecule has 0 saturated carbocycles. The Kier molecular flexibility index (Phi) is 6.50. The predicted octanol–water partition coefficient (Wildman–Crippen LogP) is 5.87. The number of hydrogen-bond acceptors (Lipinski definition) is 5. The second-order valence-corrected chi connectivity index (χ2v) is 7.84. The van der Waals surface area contributed by atoms with Crippen molar-refractivity contribution >= 4 is 28.3 Å². The Morgan fingerprint density at radius 2 is 1.38 bits per heavy atom. The van der Waals surface area contributed by atoms with E-state index in [2.05, 4.69) is 5.32 Å². The molecule has 0 radical (unpaired) electrons. The highest BCUT2D eigenvalue weighted by Gasteiger charge is 2.16. The molecule has 4 aromatic rings. The molecule has 0 fully saturated rings. The van der Waals surface area contributed by atoms with Gasteiger partial charge in [-0.15, -0.1) is 0 Å². The molecule has 0 spiro atoms. The SMILES string of the molecule is COC(=O)c1ccc(NC(=O)c2cc(-c3ccc(C)cc3)c3cc(OC)c(OC)cc3c2)cc1. The van der Waals surface area contributed by atoms with Crippen molar-refractivity contribution in [2.45, 2.75) is 6.92 Å². The van der Waals surface area contributed by atoms with E-state index in [0.717, 1.165) is 27.5 Å². The fraction of sp³-hybridized carbons (Fsp3) is 0.143. The maximum Gasteiger partial charge on any atom is 0.337 e. The van der Waals surface area contributed by atoms with Gasteiger partial charge in [0.1, 0.15) is 0 Å². The Bertz CT molecular complexity index is 1360. The lowest BCUT2D eigenvalue weighted by atomic mass is 9.94. The third-order valence-electron chi connectivity index (χ3n) is 5.65. The first-order valence-electron chi connectivity index (χ1n) is 10.7. The van der Waals surface area contributed by atoms with Crippen molar-refractivity contribution in [1.82, 2.24) is 0 Å². The number of benzene rings is 4. The molecule has 0 aliphatic carbocycles. The molecule has 4 aromatic carbocycles. The fourth-order valence-corrected chi connectivity index (χ4v) is 3.80. The molecule has 6 nitrogen and oxygen atoms in total. The quantitative estimate of drug-likeness (QED) is 0.368. The Hall–Kier alpha value is -4.32. The van der Waals surface area contributed by atoms with Crippen molar-refractivity contribution in [2.24, 2.45) is 0 Å². The number of nitrogens with one attached hydrogen (secondary N) is 1. The highest BCUT2D eigenvalue weighted by atomic mass is 16.5. The van der Waals surface area contributed by atoms with Crippen molar-refractivity contribution in [3.63, 3.8) is 0 Å². The van der Waals surface area contributed by atoms with Crippen LogP contribution in [0, 0.1) is 6.92 Å². The molecule has 0 unspecified atom stereocenters. The van der Waals surface area contributed by atoms with E-state index in [1.54, 1.807) is 38.5 Å². The van der Waals surface area contributed by atoms with Crippen LogP contribution in [0.25, 0.3) is 21.9 Å². The standard InChI is InChI=1S/C28H25NO5/c1-17-5-7-18(8-6-17)23-14-21(13-20-15-25(32-2)26(33-3)16-24(20)23)27(30)29-22-11-9-19(10-12-22)28(31)34-4/h5-16H,1-4H3,(H,29,30). The first-order chi connectivity index (χ1) is 16.4. The highest BCUT2D eigenvalue weighted by Crippen LogP contribution is 2.38. The molecule has 0 bridgehead atoms. The number of rotatable bonds is 6. The summed E-state index contributed by atoms with van der Waals surface area (Å²) in [6.07, 6.45) is 0. The van der Waals surface area contributed by atoms with Gasteiger partial charge in [0.25, 0.3) is 5.91 Å². The van der Waals surface area contributed by atoms with Crippen LogP contribution in [0.3, 0.4) is 0 Å². The zero-order chi connectivity index (χ0) is 24.2.